The molecule has 5 nitrogen and oxygen atoms in total. The maximum atomic E-state index is 12.6. The predicted molar refractivity (Wildman–Crippen MR) is 97.2 cm³/mol. The largest absolute Gasteiger partial charge is 0.497 e. The van der Waals surface area contributed by atoms with Crippen molar-refractivity contribution >= 4 is 23.1 Å². The van der Waals surface area contributed by atoms with Crippen molar-refractivity contribution < 1.29 is 14.3 Å². The van der Waals surface area contributed by atoms with Crippen LogP contribution >= 0.6 is 0 Å². The number of carbonyl (C=O) groups excluding carboxylic acids is 2. The highest BCUT2D eigenvalue weighted by Gasteiger charge is 2.36. The number of imide groups is 1. The third-order valence-corrected chi connectivity index (χ3v) is 4.16. The van der Waals surface area contributed by atoms with Crippen LogP contribution in [0.4, 0.5) is 5.69 Å². The number of methoxy groups -OCH3 is 1. The minimum atomic E-state index is -0.338. The van der Waals surface area contributed by atoms with Crippen LogP contribution in [0.25, 0.3) is 5.57 Å². The molecule has 3 rings (SSSR count). The summed E-state index contributed by atoms with van der Waals surface area (Å²) in [6.07, 6.45) is 0. The molecule has 1 N–H and O–H groups in total. The van der Waals surface area contributed by atoms with Crippen molar-refractivity contribution in [2.24, 2.45) is 0 Å². The van der Waals surface area contributed by atoms with E-state index in [0.29, 0.717) is 22.6 Å². The molecule has 1 aliphatic heterocycles. The van der Waals surface area contributed by atoms with Crippen molar-refractivity contribution in [2.45, 2.75) is 13.8 Å². The highest BCUT2D eigenvalue weighted by atomic mass is 16.5. The van der Waals surface area contributed by atoms with Gasteiger partial charge in [-0.25, -0.2) is 0 Å². The zero-order valence-corrected chi connectivity index (χ0v) is 14.7. The Labute approximate surface area is 146 Å². The van der Waals surface area contributed by atoms with Gasteiger partial charge in [-0.2, -0.15) is 0 Å². The molecule has 0 saturated carbocycles. The van der Waals surface area contributed by atoms with Crippen molar-refractivity contribution in [1.82, 2.24) is 4.90 Å². The Hall–Kier alpha value is -3.08. The van der Waals surface area contributed by atoms with E-state index in [1.165, 1.54) is 7.05 Å². The van der Waals surface area contributed by atoms with Crippen LogP contribution in [0.3, 0.4) is 0 Å². The molecule has 0 atom stereocenters. The van der Waals surface area contributed by atoms with E-state index in [9.17, 15) is 9.59 Å². The first-order chi connectivity index (χ1) is 11.9. The molecule has 0 aliphatic carbocycles. The van der Waals surface area contributed by atoms with Crippen LogP contribution < -0.4 is 10.1 Å². The summed E-state index contributed by atoms with van der Waals surface area (Å²) in [6, 6.07) is 13.0. The Bertz CT molecular complexity index is 862. The van der Waals surface area contributed by atoms with Gasteiger partial charge in [-0.15, -0.1) is 0 Å². The number of nitrogens with one attached hydrogen (secondary N) is 1. The SMILES string of the molecule is COc1ccc(C2=C(Nc3cc(C)cc(C)c3)C(=O)N(C)C2=O)cc1. The number of rotatable bonds is 4. The number of hydrogen-bond donors (Lipinski definition) is 1. The number of ether oxygens (including phenoxy) is 1. The van der Waals surface area contributed by atoms with Gasteiger partial charge in [0.05, 0.1) is 12.7 Å². The summed E-state index contributed by atoms with van der Waals surface area (Å²) in [5, 5.41) is 3.15. The van der Waals surface area contributed by atoms with E-state index in [1.807, 2.05) is 26.0 Å². The molecule has 2 aromatic carbocycles. The lowest BCUT2D eigenvalue weighted by molar-refractivity contribution is -0.135. The Kier molecular flexibility index (Phi) is 4.31. The fourth-order valence-corrected chi connectivity index (χ4v) is 2.97. The van der Waals surface area contributed by atoms with Crippen LogP contribution in [-0.4, -0.2) is 30.9 Å². The summed E-state index contributed by atoms with van der Waals surface area (Å²) in [7, 11) is 3.07. The van der Waals surface area contributed by atoms with Crippen molar-refractivity contribution in [1.29, 1.82) is 0 Å². The normalized spacial score (nSPS) is 14.3. The first-order valence-electron chi connectivity index (χ1n) is 7.97. The Morgan fingerprint density at radius 2 is 1.52 bits per heavy atom. The number of benzene rings is 2. The topological polar surface area (TPSA) is 58.6 Å². The minimum absolute atomic E-state index is 0.294. The molecule has 1 heterocycles. The molecule has 25 heavy (non-hydrogen) atoms. The van der Waals surface area contributed by atoms with Crippen LogP contribution in [0.5, 0.6) is 5.75 Å². The molecule has 0 unspecified atom stereocenters. The molecule has 5 heteroatoms. The smallest absolute Gasteiger partial charge is 0.277 e. The zero-order valence-electron chi connectivity index (χ0n) is 14.7. The molecule has 0 saturated heterocycles. The summed E-state index contributed by atoms with van der Waals surface area (Å²) in [6.45, 7) is 3.98. The monoisotopic (exact) mass is 336 g/mol. The zero-order chi connectivity index (χ0) is 18.1. The molecule has 0 fully saturated rings. The first kappa shape index (κ1) is 16.8. The molecule has 2 aromatic rings. The summed E-state index contributed by atoms with van der Waals surface area (Å²) in [5.74, 6) is 0.0373. The van der Waals surface area contributed by atoms with E-state index in [1.54, 1.807) is 31.4 Å². The average molecular weight is 336 g/mol. The van der Waals surface area contributed by atoms with Crippen LogP contribution in [0.2, 0.25) is 0 Å². The van der Waals surface area contributed by atoms with Gasteiger partial charge in [0.15, 0.2) is 0 Å². The van der Waals surface area contributed by atoms with Gasteiger partial charge in [-0.1, -0.05) is 18.2 Å². The fraction of sp³-hybridized carbons (Fsp3) is 0.200. The van der Waals surface area contributed by atoms with Gasteiger partial charge in [0.2, 0.25) is 0 Å². The van der Waals surface area contributed by atoms with Gasteiger partial charge < -0.3 is 10.1 Å². The molecular formula is C20H20N2O3. The highest BCUT2D eigenvalue weighted by Crippen LogP contribution is 2.30. The average Bonchev–Trinajstić information content (AvgIpc) is 2.78. The van der Waals surface area contributed by atoms with E-state index in [0.717, 1.165) is 21.7 Å². The van der Waals surface area contributed by atoms with Crippen molar-refractivity contribution in [3.05, 3.63) is 64.9 Å². The first-order valence-corrected chi connectivity index (χ1v) is 7.97. The molecule has 0 radical (unpaired) electrons. The number of likely N-dealkylation sites (N-methyl/N-ethyl adjacent to an activating group) is 1. The number of amides is 2. The highest BCUT2D eigenvalue weighted by molar-refractivity contribution is 6.36. The molecule has 0 aromatic heterocycles. The van der Waals surface area contributed by atoms with E-state index in [4.69, 9.17) is 4.74 Å². The van der Waals surface area contributed by atoms with Crippen LogP contribution in [0, 0.1) is 13.8 Å². The molecule has 0 spiro atoms. The second-order valence-electron chi connectivity index (χ2n) is 6.15. The van der Waals surface area contributed by atoms with Gasteiger partial charge in [-0.05, 0) is 54.8 Å². The predicted octanol–water partition coefficient (Wildman–Crippen LogP) is 3.13. The summed E-state index contributed by atoms with van der Waals surface area (Å²) >= 11 is 0. The molecule has 0 bridgehead atoms. The number of nitrogens with zero attached hydrogens (tertiary/aromatic N) is 1. The lowest BCUT2D eigenvalue weighted by atomic mass is 10.0. The second-order valence-corrected chi connectivity index (χ2v) is 6.15. The van der Waals surface area contributed by atoms with Gasteiger partial charge >= 0.3 is 0 Å². The van der Waals surface area contributed by atoms with Crippen molar-refractivity contribution in [3.63, 3.8) is 0 Å². The number of aryl methyl sites for hydroxylation is 2. The number of hydrogen-bond acceptors (Lipinski definition) is 4. The van der Waals surface area contributed by atoms with Gasteiger partial charge in [0.25, 0.3) is 11.8 Å². The van der Waals surface area contributed by atoms with Crippen LogP contribution in [-0.2, 0) is 9.59 Å². The summed E-state index contributed by atoms with van der Waals surface area (Å²) in [5.41, 5.74) is 4.29. The Morgan fingerprint density at radius 1 is 0.920 bits per heavy atom. The Morgan fingerprint density at radius 3 is 2.08 bits per heavy atom. The standard InChI is InChI=1S/C20H20N2O3/c1-12-9-13(2)11-15(10-12)21-18-17(19(23)22(3)20(18)24)14-5-7-16(25-4)8-6-14/h5-11,21H,1-4H3. The third-order valence-electron chi connectivity index (χ3n) is 4.16. The van der Waals surface area contributed by atoms with Crippen molar-refractivity contribution in [3.8, 4) is 5.75 Å². The lowest BCUT2D eigenvalue weighted by Gasteiger charge is -2.10. The van der Waals surface area contributed by atoms with E-state index in [-0.39, 0.29) is 11.8 Å². The van der Waals surface area contributed by atoms with Gasteiger partial charge in [-0.3, -0.25) is 14.5 Å². The van der Waals surface area contributed by atoms with Gasteiger partial charge in [0, 0.05) is 12.7 Å². The number of carbonyl (C=O) groups is 2. The van der Waals surface area contributed by atoms with Gasteiger partial charge in [0.1, 0.15) is 11.4 Å². The molecule has 2 amide bonds. The summed E-state index contributed by atoms with van der Waals surface area (Å²) < 4.78 is 5.16. The fourth-order valence-electron chi connectivity index (χ4n) is 2.97. The van der Waals surface area contributed by atoms with Crippen molar-refractivity contribution in [2.75, 3.05) is 19.5 Å². The lowest BCUT2D eigenvalue weighted by Crippen LogP contribution is -2.27. The molecule has 1 aliphatic rings. The van der Waals surface area contributed by atoms with E-state index in [2.05, 4.69) is 11.4 Å². The Balaban J connectivity index is 2.07. The molecule has 128 valence electrons. The molecular weight excluding hydrogens is 316 g/mol. The second kappa shape index (κ2) is 6.43. The van der Waals surface area contributed by atoms with Crippen LogP contribution in [0.1, 0.15) is 16.7 Å². The minimum Gasteiger partial charge on any atom is -0.497 e. The third kappa shape index (κ3) is 3.13. The maximum Gasteiger partial charge on any atom is 0.277 e. The van der Waals surface area contributed by atoms with E-state index < -0.39 is 0 Å². The number of anilines is 1. The van der Waals surface area contributed by atoms with E-state index >= 15 is 0 Å². The summed E-state index contributed by atoms with van der Waals surface area (Å²) in [4.78, 5) is 26.3. The van der Waals surface area contributed by atoms with Crippen LogP contribution in [0.15, 0.2) is 48.2 Å². The maximum absolute atomic E-state index is 12.6. The quantitative estimate of drug-likeness (QED) is 0.872.